The second-order valence-electron chi connectivity index (χ2n) is 6.06. The Labute approximate surface area is 119 Å². The zero-order valence-electron chi connectivity index (χ0n) is 12.2. The van der Waals surface area contributed by atoms with Crippen LogP contribution in [0.25, 0.3) is 0 Å². The minimum absolute atomic E-state index is 0.115. The summed E-state index contributed by atoms with van der Waals surface area (Å²) < 4.78 is 1.56. The van der Waals surface area contributed by atoms with Crippen molar-refractivity contribution in [2.24, 2.45) is 13.0 Å². The van der Waals surface area contributed by atoms with Gasteiger partial charge in [0.25, 0.3) is 5.91 Å². The first-order chi connectivity index (χ1) is 9.56. The van der Waals surface area contributed by atoms with E-state index < -0.39 is 0 Å². The van der Waals surface area contributed by atoms with E-state index in [1.165, 1.54) is 25.8 Å². The second kappa shape index (κ2) is 5.09. The lowest BCUT2D eigenvalue weighted by Crippen LogP contribution is -2.32. The Kier molecular flexibility index (Phi) is 3.41. The first-order valence-electron chi connectivity index (χ1n) is 7.37. The minimum atomic E-state index is -0.115. The number of aryl methyl sites for hydroxylation is 2. The van der Waals surface area contributed by atoms with Crippen molar-refractivity contribution in [3.05, 3.63) is 11.4 Å². The van der Waals surface area contributed by atoms with E-state index in [4.69, 9.17) is 5.73 Å². The van der Waals surface area contributed by atoms with E-state index in [2.05, 4.69) is 15.3 Å². The van der Waals surface area contributed by atoms with Gasteiger partial charge in [-0.25, -0.2) is 0 Å². The molecule has 2 aliphatic rings. The number of amides is 1. The Morgan fingerprint density at radius 2 is 2.20 bits per heavy atom. The summed E-state index contributed by atoms with van der Waals surface area (Å²) >= 11 is 0. The molecular weight excluding hydrogens is 254 g/mol. The van der Waals surface area contributed by atoms with Gasteiger partial charge in [-0.15, -0.1) is 0 Å². The quantitative estimate of drug-likeness (QED) is 0.841. The van der Waals surface area contributed by atoms with Crippen LogP contribution in [0.3, 0.4) is 0 Å². The fourth-order valence-electron chi connectivity index (χ4n) is 3.07. The van der Waals surface area contributed by atoms with Gasteiger partial charge in [-0.05, 0) is 38.6 Å². The number of nitrogens with zero attached hydrogens (tertiary/aromatic N) is 3. The van der Waals surface area contributed by atoms with Crippen molar-refractivity contribution in [2.45, 2.75) is 32.2 Å². The van der Waals surface area contributed by atoms with Crippen LogP contribution < -0.4 is 11.1 Å². The lowest BCUT2D eigenvalue weighted by Gasteiger charge is -2.15. The molecule has 1 aromatic heterocycles. The molecule has 0 bridgehead atoms. The number of nitrogen functional groups attached to an aromatic ring is 1. The van der Waals surface area contributed by atoms with E-state index in [1.54, 1.807) is 11.7 Å². The third kappa shape index (κ3) is 2.52. The van der Waals surface area contributed by atoms with Crippen molar-refractivity contribution >= 4 is 11.6 Å². The molecule has 1 amide bonds. The number of anilines is 1. The number of hydrogen-bond donors (Lipinski definition) is 2. The highest BCUT2D eigenvalue weighted by Crippen LogP contribution is 2.31. The van der Waals surface area contributed by atoms with E-state index in [0.29, 0.717) is 23.0 Å². The highest BCUT2D eigenvalue weighted by atomic mass is 16.2. The first-order valence-corrected chi connectivity index (χ1v) is 7.37. The summed E-state index contributed by atoms with van der Waals surface area (Å²) in [7, 11) is 1.75. The maximum atomic E-state index is 12.2. The number of aromatic nitrogens is 2. The van der Waals surface area contributed by atoms with Crippen LogP contribution in [-0.2, 0) is 7.05 Å². The molecule has 1 atom stereocenters. The number of hydrogen-bond acceptors (Lipinski definition) is 4. The average Bonchev–Trinajstić information content (AvgIpc) is 3.09. The Hall–Kier alpha value is -1.56. The molecule has 3 N–H and O–H groups in total. The van der Waals surface area contributed by atoms with E-state index in [0.717, 1.165) is 19.1 Å². The van der Waals surface area contributed by atoms with Crippen molar-refractivity contribution in [3.63, 3.8) is 0 Å². The topological polar surface area (TPSA) is 76.2 Å². The van der Waals surface area contributed by atoms with Gasteiger partial charge in [0.2, 0.25) is 0 Å². The van der Waals surface area contributed by atoms with Crippen LogP contribution in [0, 0.1) is 12.8 Å². The lowest BCUT2D eigenvalue weighted by molar-refractivity contribution is 0.0939. The maximum Gasteiger partial charge on any atom is 0.271 e. The summed E-state index contributed by atoms with van der Waals surface area (Å²) in [6.07, 6.45) is 3.88. The predicted molar refractivity (Wildman–Crippen MR) is 77.4 cm³/mol. The standard InChI is InChI=1S/C14H23N5O/c1-9-12(15)13(18(2)17-9)14(20)16-7-10-5-6-19(8-10)11-3-4-11/h10-11H,3-8,15H2,1-2H3,(H,16,20). The molecule has 20 heavy (non-hydrogen) atoms. The van der Waals surface area contributed by atoms with E-state index in [-0.39, 0.29) is 5.91 Å². The van der Waals surface area contributed by atoms with E-state index >= 15 is 0 Å². The van der Waals surface area contributed by atoms with Crippen molar-refractivity contribution in [1.29, 1.82) is 0 Å². The molecule has 1 saturated carbocycles. The normalized spacial score (nSPS) is 23.2. The second-order valence-corrected chi connectivity index (χ2v) is 6.06. The van der Waals surface area contributed by atoms with Crippen LogP contribution in [0.2, 0.25) is 0 Å². The van der Waals surface area contributed by atoms with Crippen LogP contribution in [-0.4, -0.2) is 46.3 Å². The summed E-state index contributed by atoms with van der Waals surface area (Å²) in [6.45, 7) is 4.84. The smallest absolute Gasteiger partial charge is 0.271 e. The summed E-state index contributed by atoms with van der Waals surface area (Å²) in [5.41, 5.74) is 7.57. The largest absolute Gasteiger partial charge is 0.395 e. The third-order valence-electron chi connectivity index (χ3n) is 4.42. The summed E-state index contributed by atoms with van der Waals surface area (Å²) in [6, 6.07) is 0.825. The molecule has 0 radical (unpaired) electrons. The molecule has 0 aromatic carbocycles. The van der Waals surface area contributed by atoms with Crippen molar-refractivity contribution in [2.75, 3.05) is 25.4 Å². The number of rotatable bonds is 4. The molecule has 1 saturated heterocycles. The third-order valence-corrected chi connectivity index (χ3v) is 4.42. The van der Waals surface area contributed by atoms with Gasteiger partial charge < -0.3 is 16.0 Å². The summed E-state index contributed by atoms with van der Waals surface area (Å²) in [5, 5.41) is 7.19. The van der Waals surface area contributed by atoms with Gasteiger partial charge in [-0.2, -0.15) is 5.10 Å². The van der Waals surface area contributed by atoms with Crippen LogP contribution in [0.4, 0.5) is 5.69 Å². The number of nitrogens with one attached hydrogen (secondary N) is 1. The molecule has 1 aliphatic heterocycles. The molecule has 3 rings (SSSR count). The molecule has 2 fully saturated rings. The fraction of sp³-hybridized carbons (Fsp3) is 0.714. The van der Waals surface area contributed by atoms with Crippen molar-refractivity contribution in [1.82, 2.24) is 20.0 Å². The van der Waals surface area contributed by atoms with Gasteiger partial charge in [0, 0.05) is 26.2 Å². The fourth-order valence-corrected chi connectivity index (χ4v) is 3.07. The molecule has 2 heterocycles. The van der Waals surface area contributed by atoms with Crippen molar-refractivity contribution in [3.8, 4) is 0 Å². The van der Waals surface area contributed by atoms with Gasteiger partial charge in [0.1, 0.15) is 5.69 Å². The SMILES string of the molecule is Cc1nn(C)c(C(=O)NCC2CCN(C3CC3)C2)c1N. The predicted octanol–water partition coefficient (Wildman–Crippen LogP) is 0.525. The lowest BCUT2D eigenvalue weighted by atomic mass is 10.1. The highest BCUT2D eigenvalue weighted by molar-refractivity contribution is 5.97. The number of carbonyl (C=O) groups is 1. The minimum Gasteiger partial charge on any atom is -0.395 e. The number of likely N-dealkylation sites (tertiary alicyclic amines) is 1. The van der Waals surface area contributed by atoms with Gasteiger partial charge >= 0.3 is 0 Å². The van der Waals surface area contributed by atoms with E-state index in [9.17, 15) is 4.79 Å². The Balaban J connectivity index is 1.54. The van der Waals surface area contributed by atoms with Gasteiger partial charge in [-0.1, -0.05) is 0 Å². The van der Waals surface area contributed by atoms with Gasteiger partial charge in [0.15, 0.2) is 0 Å². The van der Waals surface area contributed by atoms with Gasteiger partial charge in [-0.3, -0.25) is 9.48 Å². The van der Waals surface area contributed by atoms with E-state index in [1.807, 2.05) is 6.92 Å². The van der Waals surface area contributed by atoms with Crippen LogP contribution in [0.1, 0.15) is 35.4 Å². The summed E-state index contributed by atoms with van der Waals surface area (Å²) in [5.74, 6) is 0.450. The Bertz CT molecular complexity index is 520. The zero-order chi connectivity index (χ0) is 14.3. The molecule has 1 aromatic rings. The molecule has 6 nitrogen and oxygen atoms in total. The van der Waals surface area contributed by atoms with Crippen LogP contribution >= 0.6 is 0 Å². The first kappa shape index (κ1) is 13.4. The van der Waals surface area contributed by atoms with Crippen LogP contribution in [0.15, 0.2) is 0 Å². The van der Waals surface area contributed by atoms with Gasteiger partial charge in [0.05, 0.1) is 11.4 Å². The molecule has 110 valence electrons. The van der Waals surface area contributed by atoms with Crippen molar-refractivity contribution < 1.29 is 4.79 Å². The highest BCUT2D eigenvalue weighted by Gasteiger charge is 2.34. The average molecular weight is 277 g/mol. The molecular formula is C14H23N5O. The maximum absolute atomic E-state index is 12.2. The Morgan fingerprint density at radius 3 is 2.80 bits per heavy atom. The molecule has 1 unspecified atom stereocenters. The van der Waals surface area contributed by atoms with Crippen LogP contribution in [0.5, 0.6) is 0 Å². The molecule has 0 spiro atoms. The summed E-state index contributed by atoms with van der Waals surface area (Å²) in [4.78, 5) is 14.8. The number of carbonyl (C=O) groups excluding carboxylic acids is 1. The Morgan fingerprint density at radius 1 is 1.45 bits per heavy atom. The monoisotopic (exact) mass is 277 g/mol. The number of nitrogens with two attached hydrogens (primary N) is 1. The molecule has 6 heteroatoms. The molecule has 1 aliphatic carbocycles. The zero-order valence-corrected chi connectivity index (χ0v) is 12.2.